The fraction of sp³-hybridized carbons (Fsp3) is 0.150. The van der Waals surface area contributed by atoms with Crippen LogP contribution in [0.4, 0.5) is 0 Å². The molecule has 2 heteroatoms. The van der Waals surface area contributed by atoms with Crippen LogP contribution in [0.5, 0.6) is 0 Å². The van der Waals surface area contributed by atoms with E-state index in [1.807, 2.05) is 18.2 Å². The first-order valence-electron chi connectivity index (χ1n) is 7.40. The molecule has 0 atom stereocenters. The van der Waals surface area contributed by atoms with Crippen LogP contribution in [0.25, 0.3) is 22.2 Å². The van der Waals surface area contributed by atoms with Crippen molar-refractivity contribution in [2.45, 2.75) is 19.8 Å². The van der Waals surface area contributed by atoms with Crippen molar-refractivity contribution >= 4 is 22.2 Å². The third-order valence-corrected chi connectivity index (χ3v) is 3.93. The van der Waals surface area contributed by atoms with E-state index in [4.69, 9.17) is 4.42 Å². The van der Waals surface area contributed by atoms with Gasteiger partial charge in [0.15, 0.2) is 12.0 Å². The number of oxazole rings is 1. The number of allylic oxidation sites excluding steroid dienone is 2. The van der Waals surface area contributed by atoms with Crippen LogP contribution >= 0.6 is 0 Å². The van der Waals surface area contributed by atoms with Crippen molar-refractivity contribution in [1.82, 2.24) is 4.98 Å². The Balaban J connectivity index is 1.66. The van der Waals surface area contributed by atoms with Crippen LogP contribution in [0.3, 0.4) is 0 Å². The van der Waals surface area contributed by atoms with Crippen LogP contribution in [0.2, 0.25) is 0 Å². The summed E-state index contributed by atoms with van der Waals surface area (Å²) in [4.78, 5) is 4.19. The molecule has 2 nitrogen and oxygen atoms in total. The molecule has 2 aromatic carbocycles. The Morgan fingerprint density at radius 1 is 0.955 bits per heavy atom. The van der Waals surface area contributed by atoms with E-state index in [0.717, 1.165) is 40.7 Å². The number of rotatable bonds is 5. The van der Waals surface area contributed by atoms with Crippen molar-refractivity contribution in [3.63, 3.8) is 0 Å². The SMILES string of the molecule is C=C(CCC(=C)c1ccc2ocnc2c1)c1ccc(C)cc1. The standard InChI is InChI=1S/C20H19NO/c1-14-4-8-17(9-5-14)15(2)6-7-16(3)18-10-11-20-19(12-18)21-13-22-20/h4-5,8-13H,2-3,6-7H2,1H3. The van der Waals surface area contributed by atoms with E-state index in [0.29, 0.717) is 0 Å². The van der Waals surface area contributed by atoms with Gasteiger partial charge < -0.3 is 4.42 Å². The van der Waals surface area contributed by atoms with Crippen LogP contribution in [0, 0.1) is 6.92 Å². The van der Waals surface area contributed by atoms with E-state index in [2.05, 4.69) is 49.3 Å². The zero-order valence-corrected chi connectivity index (χ0v) is 12.8. The fourth-order valence-corrected chi connectivity index (χ4v) is 2.46. The zero-order valence-electron chi connectivity index (χ0n) is 12.8. The number of hydrogen-bond donors (Lipinski definition) is 0. The van der Waals surface area contributed by atoms with Crippen LogP contribution in [0.15, 0.2) is 66.4 Å². The minimum Gasteiger partial charge on any atom is -0.443 e. The van der Waals surface area contributed by atoms with Gasteiger partial charge in [-0.05, 0) is 54.2 Å². The first-order chi connectivity index (χ1) is 10.6. The highest BCUT2D eigenvalue weighted by Crippen LogP contribution is 2.26. The minimum absolute atomic E-state index is 0.806. The van der Waals surface area contributed by atoms with Gasteiger partial charge in [0, 0.05) is 0 Å². The van der Waals surface area contributed by atoms with Crippen LogP contribution in [0.1, 0.15) is 29.5 Å². The predicted octanol–water partition coefficient (Wildman–Crippen LogP) is 5.64. The number of hydrogen-bond acceptors (Lipinski definition) is 2. The van der Waals surface area contributed by atoms with Gasteiger partial charge in [0.1, 0.15) is 5.52 Å². The molecule has 110 valence electrons. The molecule has 0 unspecified atom stereocenters. The second-order valence-corrected chi connectivity index (χ2v) is 5.61. The van der Waals surface area contributed by atoms with Crippen molar-refractivity contribution in [3.8, 4) is 0 Å². The van der Waals surface area contributed by atoms with E-state index in [9.17, 15) is 0 Å². The summed E-state index contributed by atoms with van der Waals surface area (Å²) in [5.74, 6) is 0. The summed E-state index contributed by atoms with van der Waals surface area (Å²) in [6.45, 7) is 10.5. The van der Waals surface area contributed by atoms with Gasteiger partial charge in [0.25, 0.3) is 0 Å². The molecule has 0 aliphatic rings. The fourth-order valence-electron chi connectivity index (χ4n) is 2.46. The molecular formula is C20H19NO. The summed E-state index contributed by atoms with van der Waals surface area (Å²) in [5, 5.41) is 0. The maximum atomic E-state index is 5.26. The average Bonchev–Trinajstić information content (AvgIpc) is 3.00. The quantitative estimate of drug-likeness (QED) is 0.607. The Labute approximate surface area is 130 Å². The van der Waals surface area contributed by atoms with Gasteiger partial charge in [-0.1, -0.05) is 49.1 Å². The topological polar surface area (TPSA) is 26.0 Å². The van der Waals surface area contributed by atoms with Crippen molar-refractivity contribution < 1.29 is 4.42 Å². The molecule has 3 rings (SSSR count). The monoisotopic (exact) mass is 289 g/mol. The number of aromatic nitrogens is 1. The number of benzene rings is 2. The van der Waals surface area contributed by atoms with Gasteiger partial charge >= 0.3 is 0 Å². The third kappa shape index (κ3) is 3.01. The van der Waals surface area contributed by atoms with Gasteiger partial charge in [0.2, 0.25) is 0 Å². The first-order valence-corrected chi connectivity index (χ1v) is 7.40. The maximum absolute atomic E-state index is 5.26. The van der Waals surface area contributed by atoms with Crippen LogP contribution < -0.4 is 0 Å². The summed E-state index contributed by atoms with van der Waals surface area (Å²) in [5.41, 5.74) is 7.49. The van der Waals surface area contributed by atoms with Gasteiger partial charge in [0.05, 0.1) is 0 Å². The molecule has 0 aliphatic carbocycles. The van der Waals surface area contributed by atoms with Crippen LogP contribution in [-0.2, 0) is 0 Å². The number of nitrogens with zero attached hydrogens (tertiary/aromatic N) is 1. The second-order valence-electron chi connectivity index (χ2n) is 5.61. The smallest absolute Gasteiger partial charge is 0.181 e. The Bertz CT molecular complexity index is 824. The molecule has 0 saturated carbocycles. The highest BCUT2D eigenvalue weighted by molar-refractivity contribution is 5.79. The van der Waals surface area contributed by atoms with Gasteiger partial charge in [-0.2, -0.15) is 0 Å². The number of aryl methyl sites for hydroxylation is 1. The molecule has 0 fully saturated rings. The summed E-state index contributed by atoms with van der Waals surface area (Å²) in [6, 6.07) is 14.5. The lowest BCUT2D eigenvalue weighted by Crippen LogP contribution is -1.88. The second kappa shape index (κ2) is 6.02. The molecule has 0 saturated heterocycles. The summed E-state index contributed by atoms with van der Waals surface area (Å²) in [7, 11) is 0. The highest BCUT2D eigenvalue weighted by Gasteiger charge is 2.05. The molecule has 0 radical (unpaired) electrons. The van der Waals surface area contributed by atoms with E-state index in [-0.39, 0.29) is 0 Å². The Morgan fingerprint density at radius 3 is 2.32 bits per heavy atom. The Morgan fingerprint density at radius 2 is 1.59 bits per heavy atom. The van der Waals surface area contributed by atoms with Crippen molar-refractivity contribution in [1.29, 1.82) is 0 Å². The molecule has 0 aliphatic heterocycles. The van der Waals surface area contributed by atoms with E-state index in [1.165, 1.54) is 17.5 Å². The molecule has 0 spiro atoms. The number of fused-ring (bicyclic) bond motifs is 1. The van der Waals surface area contributed by atoms with Crippen molar-refractivity contribution in [2.75, 3.05) is 0 Å². The summed E-state index contributed by atoms with van der Waals surface area (Å²) in [6.07, 6.45) is 3.26. The largest absolute Gasteiger partial charge is 0.443 e. The molecule has 0 amide bonds. The van der Waals surface area contributed by atoms with Crippen molar-refractivity contribution in [2.24, 2.45) is 0 Å². The molecule has 1 aromatic heterocycles. The zero-order chi connectivity index (χ0) is 15.5. The lowest BCUT2D eigenvalue weighted by molar-refractivity contribution is 0.602. The third-order valence-electron chi connectivity index (χ3n) is 3.93. The molecule has 0 N–H and O–H groups in total. The molecular weight excluding hydrogens is 270 g/mol. The normalized spacial score (nSPS) is 10.8. The Kier molecular flexibility index (Phi) is 3.92. The van der Waals surface area contributed by atoms with Crippen LogP contribution in [-0.4, -0.2) is 4.98 Å². The molecule has 1 heterocycles. The predicted molar refractivity (Wildman–Crippen MR) is 92.5 cm³/mol. The maximum Gasteiger partial charge on any atom is 0.181 e. The molecule has 3 aromatic rings. The van der Waals surface area contributed by atoms with E-state index in [1.54, 1.807) is 0 Å². The van der Waals surface area contributed by atoms with Gasteiger partial charge in [-0.25, -0.2) is 4.98 Å². The van der Waals surface area contributed by atoms with E-state index >= 15 is 0 Å². The summed E-state index contributed by atoms with van der Waals surface area (Å²) < 4.78 is 5.26. The molecule has 0 bridgehead atoms. The van der Waals surface area contributed by atoms with E-state index < -0.39 is 0 Å². The minimum atomic E-state index is 0.806. The van der Waals surface area contributed by atoms with Crippen molar-refractivity contribution in [3.05, 3.63) is 78.7 Å². The Hall–Kier alpha value is -2.61. The molecule has 22 heavy (non-hydrogen) atoms. The first kappa shape index (κ1) is 14.3. The average molecular weight is 289 g/mol. The lowest BCUT2D eigenvalue weighted by atomic mass is 9.96. The highest BCUT2D eigenvalue weighted by atomic mass is 16.3. The summed E-state index contributed by atoms with van der Waals surface area (Å²) >= 11 is 0. The van der Waals surface area contributed by atoms with Gasteiger partial charge in [-0.15, -0.1) is 0 Å². The van der Waals surface area contributed by atoms with Gasteiger partial charge in [-0.3, -0.25) is 0 Å². The lowest BCUT2D eigenvalue weighted by Gasteiger charge is -2.09.